The summed E-state index contributed by atoms with van der Waals surface area (Å²) in [5.74, 6) is 0.267. The molecule has 1 amide bonds. The van der Waals surface area contributed by atoms with Gasteiger partial charge in [0.25, 0.3) is 0 Å². The number of amides is 1. The Hall–Kier alpha value is -1.32. The van der Waals surface area contributed by atoms with E-state index in [0.717, 1.165) is 6.42 Å². The zero-order chi connectivity index (χ0) is 11.9. The van der Waals surface area contributed by atoms with Crippen molar-refractivity contribution >= 4 is 11.9 Å². The first-order chi connectivity index (χ1) is 7.49. The number of carbonyl (C=O) groups excluding carboxylic acids is 2. The third kappa shape index (κ3) is 1.84. The SMILES string of the molecule is C=C(C)C(=O)NC1C2CC(=O)OC1C(C)C2. The number of nitrogens with one attached hydrogen (secondary N) is 1. The molecule has 0 aromatic carbocycles. The van der Waals surface area contributed by atoms with Gasteiger partial charge in [0.1, 0.15) is 6.10 Å². The van der Waals surface area contributed by atoms with Gasteiger partial charge in [-0.25, -0.2) is 0 Å². The summed E-state index contributed by atoms with van der Waals surface area (Å²) in [6.07, 6.45) is 1.20. The van der Waals surface area contributed by atoms with Crippen molar-refractivity contribution in [3.05, 3.63) is 12.2 Å². The van der Waals surface area contributed by atoms with Crippen LogP contribution in [0.25, 0.3) is 0 Å². The molecule has 1 saturated carbocycles. The Kier molecular flexibility index (Phi) is 2.74. The van der Waals surface area contributed by atoms with Crippen molar-refractivity contribution in [2.24, 2.45) is 11.8 Å². The number of carbonyl (C=O) groups is 2. The highest BCUT2D eigenvalue weighted by Crippen LogP contribution is 2.39. The van der Waals surface area contributed by atoms with Crippen LogP contribution >= 0.6 is 0 Å². The van der Waals surface area contributed by atoms with E-state index >= 15 is 0 Å². The molecule has 4 heteroatoms. The average Bonchev–Trinajstić information content (AvgIpc) is 2.38. The molecule has 88 valence electrons. The Bertz CT molecular complexity index is 350. The minimum atomic E-state index is -0.158. The van der Waals surface area contributed by atoms with Gasteiger partial charge in [-0.15, -0.1) is 0 Å². The number of fused-ring (bicyclic) bond motifs is 2. The Labute approximate surface area is 95.0 Å². The first-order valence-electron chi connectivity index (χ1n) is 5.65. The summed E-state index contributed by atoms with van der Waals surface area (Å²) in [4.78, 5) is 22.8. The molecule has 0 radical (unpaired) electrons. The van der Waals surface area contributed by atoms with Crippen LogP contribution in [0.15, 0.2) is 12.2 Å². The van der Waals surface area contributed by atoms with E-state index in [1.807, 2.05) is 0 Å². The fourth-order valence-corrected chi connectivity index (χ4v) is 2.67. The lowest BCUT2D eigenvalue weighted by atomic mass is 9.96. The second-order valence-electron chi connectivity index (χ2n) is 4.91. The molecule has 16 heavy (non-hydrogen) atoms. The maximum absolute atomic E-state index is 11.6. The lowest BCUT2D eigenvalue weighted by Crippen LogP contribution is -2.50. The lowest BCUT2D eigenvalue weighted by molar-refractivity contribution is -0.157. The monoisotopic (exact) mass is 223 g/mol. The van der Waals surface area contributed by atoms with E-state index in [2.05, 4.69) is 18.8 Å². The standard InChI is InChI=1S/C12H17NO3/c1-6(2)12(15)13-10-8-4-7(3)11(10)16-9(14)5-8/h7-8,10-11H,1,4-5H2,2-3H3,(H,13,15). The van der Waals surface area contributed by atoms with Crippen LogP contribution in [0.2, 0.25) is 0 Å². The molecule has 2 aliphatic rings. The summed E-state index contributed by atoms with van der Waals surface area (Å²) in [6.45, 7) is 7.34. The molecule has 0 aromatic heterocycles. The highest BCUT2D eigenvalue weighted by Gasteiger charge is 2.48. The number of hydrogen-bond acceptors (Lipinski definition) is 3. The zero-order valence-corrected chi connectivity index (χ0v) is 9.66. The van der Waals surface area contributed by atoms with Crippen molar-refractivity contribution in [2.75, 3.05) is 0 Å². The fraction of sp³-hybridized carbons (Fsp3) is 0.667. The van der Waals surface area contributed by atoms with E-state index in [-0.39, 0.29) is 29.9 Å². The van der Waals surface area contributed by atoms with Gasteiger partial charge in [-0.05, 0) is 25.2 Å². The Morgan fingerprint density at radius 1 is 1.56 bits per heavy atom. The predicted molar refractivity (Wildman–Crippen MR) is 58.5 cm³/mol. The normalized spacial score (nSPS) is 36.8. The summed E-state index contributed by atoms with van der Waals surface area (Å²) in [5, 5.41) is 2.92. The van der Waals surface area contributed by atoms with Crippen LogP contribution in [0.1, 0.15) is 26.7 Å². The van der Waals surface area contributed by atoms with Crippen LogP contribution in [0, 0.1) is 11.8 Å². The molecule has 4 unspecified atom stereocenters. The first-order valence-corrected chi connectivity index (χ1v) is 5.65. The third-order valence-electron chi connectivity index (χ3n) is 3.48. The second kappa shape index (κ2) is 3.92. The molecule has 2 bridgehead atoms. The van der Waals surface area contributed by atoms with Gasteiger partial charge in [0, 0.05) is 5.57 Å². The summed E-state index contributed by atoms with van der Waals surface area (Å²) < 4.78 is 5.30. The molecule has 2 fully saturated rings. The largest absolute Gasteiger partial charge is 0.460 e. The number of hydrogen-bond donors (Lipinski definition) is 1. The van der Waals surface area contributed by atoms with Gasteiger partial charge < -0.3 is 10.1 Å². The Balaban J connectivity index is 2.09. The fourth-order valence-electron chi connectivity index (χ4n) is 2.67. The number of rotatable bonds is 2. The molecule has 1 heterocycles. The van der Waals surface area contributed by atoms with Crippen LogP contribution in [0.5, 0.6) is 0 Å². The van der Waals surface area contributed by atoms with Gasteiger partial charge in [0.2, 0.25) is 5.91 Å². The van der Waals surface area contributed by atoms with Crippen molar-refractivity contribution < 1.29 is 14.3 Å². The van der Waals surface area contributed by atoms with E-state index in [1.165, 1.54) is 0 Å². The Morgan fingerprint density at radius 2 is 2.25 bits per heavy atom. The molecule has 4 nitrogen and oxygen atoms in total. The third-order valence-corrected chi connectivity index (χ3v) is 3.48. The van der Waals surface area contributed by atoms with Crippen molar-refractivity contribution in [2.45, 2.75) is 38.8 Å². The lowest BCUT2D eigenvalue weighted by Gasteiger charge is -2.31. The maximum atomic E-state index is 11.6. The smallest absolute Gasteiger partial charge is 0.306 e. The average molecular weight is 223 g/mol. The summed E-state index contributed by atoms with van der Waals surface area (Å²) in [5.41, 5.74) is 0.490. The van der Waals surface area contributed by atoms with Crippen molar-refractivity contribution in [3.63, 3.8) is 0 Å². The van der Waals surface area contributed by atoms with E-state index in [0.29, 0.717) is 17.9 Å². The molecule has 1 aliphatic carbocycles. The molecule has 0 spiro atoms. The van der Waals surface area contributed by atoms with Crippen LogP contribution in [0.4, 0.5) is 0 Å². The van der Waals surface area contributed by atoms with Gasteiger partial charge in [0.05, 0.1) is 12.5 Å². The van der Waals surface area contributed by atoms with Gasteiger partial charge in [0.15, 0.2) is 0 Å². The summed E-state index contributed by atoms with van der Waals surface area (Å²) in [7, 11) is 0. The highest BCUT2D eigenvalue weighted by atomic mass is 16.5. The molecule has 4 atom stereocenters. The van der Waals surface area contributed by atoms with Gasteiger partial charge in [-0.3, -0.25) is 9.59 Å². The summed E-state index contributed by atoms with van der Waals surface area (Å²) in [6, 6.07) is -0.0306. The van der Waals surface area contributed by atoms with E-state index in [4.69, 9.17) is 4.74 Å². The topological polar surface area (TPSA) is 55.4 Å². The minimum Gasteiger partial charge on any atom is -0.460 e. The van der Waals surface area contributed by atoms with Crippen LogP contribution < -0.4 is 5.32 Å². The van der Waals surface area contributed by atoms with E-state index in [1.54, 1.807) is 6.92 Å². The first kappa shape index (κ1) is 11.2. The van der Waals surface area contributed by atoms with Gasteiger partial charge >= 0.3 is 5.97 Å². The van der Waals surface area contributed by atoms with Crippen molar-refractivity contribution in [1.82, 2.24) is 5.32 Å². The predicted octanol–water partition coefficient (Wildman–Crippen LogP) is 1.02. The Morgan fingerprint density at radius 3 is 2.81 bits per heavy atom. The van der Waals surface area contributed by atoms with E-state index in [9.17, 15) is 9.59 Å². The molecular weight excluding hydrogens is 206 g/mol. The summed E-state index contributed by atoms with van der Waals surface area (Å²) >= 11 is 0. The quantitative estimate of drug-likeness (QED) is 0.561. The molecular formula is C12H17NO3. The van der Waals surface area contributed by atoms with E-state index < -0.39 is 0 Å². The van der Waals surface area contributed by atoms with Gasteiger partial charge in [-0.1, -0.05) is 13.5 Å². The second-order valence-corrected chi connectivity index (χ2v) is 4.91. The van der Waals surface area contributed by atoms with Crippen LogP contribution in [-0.4, -0.2) is 24.0 Å². The molecule has 1 N–H and O–H groups in total. The van der Waals surface area contributed by atoms with Crippen LogP contribution in [0.3, 0.4) is 0 Å². The zero-order valence-electron chi connectivity index (χ0n) is 9.66. The van der Waals surface area contributed by atoms with Crippen molar-refractivity contribution in [3.8, 4) is 0 Å². The van der Waals surface area contributed by atoms with Crippen molar-refractivity contribution in [1.29, 1.82) is 0 Å². The van der Waals surface area contributed by atoms with Crippen LogP contribution in [-0.2, 0) is 14.3 Å². The number of esters is 1. The molecule has 1 aliphatic heterocycles. The van der Waals surface area contributed by atoms with Gasteiger partial charge in [-0.2, -0.15) is 0 Å². The molecule has 0 aromatic rings. The highest BCUT2D eigenvalue weighted by molar-refractivity contribution is 5.92. The molecule has 1 saturated heterocycles. The maximum Gasteiger partial charge on any atom is 0.306 e. The molecule has 2 rings (SSSR count). The number of ether oxygens (including phenoxy) is 1. The minimum absolute atomic E-state index is 0.0306.